The molecule has 0 saturated carbocycles. The van der Waals surface area contributed by atoms with Gasteiger partial charge < -0.3 is 15.1 Å². The van der Waals surface area contributed by atoms with Gasteiger partial charge in [-0.1, -0.05) is 0 Å². The molecule has 2 saturated heterocycles. The highest BCUT2D eigenvalue weighted by molar-refractivity contribution is 5.99. The summed E-state index contributed by atoms with van der Waals surface area (Å²) in [5.41, 5.74) is 0.758. The fourth-order valence-electron chi connectivity index (χ4n) is 3.21. The fraction of sp³-hybridized carbons (Fsp3) is 0.625. The number of nitrogens with one attached hydrogen (secondary N) is 1. The first-order chi connectivity index (χ1) is 10.3. The summed E-state index contributed by atoms with van der Waals surface area (Å²) in [5, 5.41) is 3.38. The number of anilines is 1. The fourth-order valence-corrected chi connectivity index (χ4v) is 3.21. The van der Waals surface area contributed by atoms with Gasteiger partial charge in [-0.25, -0.2) is 4.98 Å². The third-order valence-electron chi connectivity index (χ3n) is 4.33. The average molecular weight is 288 g/mol. The molecule has 2 fully saturated rings. The van der Waals surface area contributed by atoms with E-state index in [-0.39, 0.29) is 5.91 Å². The summed E-state index contributed by atoms with van der Waals surface area (Å²) >= 11 is 0. The molecule has 2 aliphatic rings. The van der Waals surface area contributed by atoms with Crippen LogP contribution < -0.4 is 10.2 Å². The van der Waals surface area contributed by atoms with E-state index in [1.165, 1.54) is 19.3 Å². The molecule has 21 heavy (non-hydrogen) atoms. The number of piperazine rings is 1. The molecule has 0 bridgehead atoms. The van der Waals surface area contributed by atoms with E-state index in [2.05, 4.69) is 22.1 Å². The smallest absolute Gasteiger partial charge is 0.257 e. The third kappa shape index (κ3) is 3.18. The summed E-state index contributed by atoms with van der Waals surface area (Å²) in [5.74, 6) is 0.991. The molecule has 1 atom stereocenters. The van der Waals surface area contributed by atoms with Crippen molar-refractivity contribution in [2.45, 2.75) is 32.2 Å². The summed E-state index contributed by atoms with van der Waals surface area (Å²) in [7, 11) is 0. The predicted molar refractivity (Wildman–Crippen MR) is 83.7 cm³/mol. The highest BCUT2D eigenvalue weighted by Crippen LogP contribution is 2.23. The second-order valence-corrected chi connectivity index (χ2v) is 6.03. The van der Waals surface area contributed by atoms with E-state index in [4.69, 9.17) is 0 Å². The van der Waals surface area contributed by atoms with Crippen LogP contribution in [0.1, 0.15) is 36.5 Å². The van der Waals surface area contributed by atoms with Crippen LogP contribution in [0.3, 0.4) is 0 Å². The number of carbonyl (C=O) groups is 1. The van der Waals surface area contributed by atoms with Crippen molar-refractivity contribution in [3.05, 3.63) is 23.9 Å². The predicted octanol–water partition coefficient (Wildman–Crippen LogP) is 1.51. The van der Waals surface area contributed by atoms with Crippen molar-refractivity contribution in [2.75, 3.05) is 37.6 Å². The van der Waals surface area contributed by atoms with Crippen molar-refractivity contribution >= 4 is 11.7 Å². The van der Waals surface area contributed by atoms with Gasteiger partial charge in [-0.15, -0.1) is 0 Å². The van der Waals surface area contributed by atoms with Crippen LogP contribution in [-0.2, 0) is 0 Å². The Labute approximate surface area is 126 Å². The minimum atomic E-state index is 0.122. The van der Waals surface area contributed by atoms with Crippen molar-refractivity contribution in [3.63, 3.8) is 0 Å². The largest absolute Gasteiger partial charge is 0.356 e. The van der Waals surface area contributed by atoms with Gasteiger partial charge in [-0.2, -0.15) is 0 Å². The topological polar surface area (TPSA) is 48.5 Å². The van der Waals surface area contributed by atoms with Gasteiger partial charge in [0.05, 0.1) is 5.56 Å². The molecule has 114 valence electrons. The first-order valence-electron chi connectivity index (χ1n) is 7.98. The van der Waals surface area contributed by atoms with E-state index in [0.29, 0.717) is 6.04 Å². The minimum Gasteiger partial charge on any atom is -0.356 e. The molecule has 5 nitrogen and oxygen atoms in total. The molecule has 2 aliphatic heterocycles. The van der Waals surface area contributed by atoms with Gasteiger partial charge in [0.1, 0.15) is 5.82 Å². The summed E-state index contributed by atoms with van der Waals surface area (Å²) in [6.45, 7) is 6.55. The van der Waals surface area contributed by atoms with Crippen LogP contribution in [0, 0.1) is 0 Å². The number of nitrogens with zero attached hydrogens (tertiary/aromatic N) is 3. The van der Waals surface area contributed by atoms with Gasteiger partial charge in [0.15, 0.2) is 0 Å². The summed E-state index contributed by atoms with van der Waals surface area (Å²) in [6, 6.07) is 4.15. The second kappa shape index (κ2) is 6.43. The van der Waals surface area contributed by atoms with E-state index < -0.39 is 0 Å². The highest BCUT2D eigenvalue weighted by Gasteiger charge is 2.26. The van der Waals surface area contributed by atoms with Crippen LogP contribution in [0.5, 0.6) is 0 Å². The van der Waals surface area contributed by atoms with Gasteiger partial charge in [0.25, 0.3) is 5.91 Å². The van der Waals surface area contributed by atoms with E-state index in [1.54, 1.807) is 6.20 Å². The second-order valence-electron chi connectivity index (χ2n) is 6.03. The van der Waals surface area contributed by atoms with Crippen molar-refractivity contribution < 1.29 is 4.79 Å². The van der Waals surface area contributed by atoms with Crippen LogP contribution in [-0.4, -0.2) is 54.6 Å². The Morgan fingerprint density at radius 3 is 2.86 bits per heavy atom. The molecule has 0 radical (unpaired) electrons. The number of hydrogen-bond acceptors (Lipinski definition) is 4. The number of amides is 1. The van der Waals surface area contributed by atoms with Gasteiger partial charge in [-0.3, -0.25) is 4.79 Å². The van der Waals surface area contributed by atoms with E-state index in [0.717, 1.165) is 44.1 Å². The molecule has 0 aliphatic carbocycles. The lowest BCUT2D eigenvalue weighted by Crippen LogP contribution is -2.51. The third-order valence-corrected chi connectivity index (χ3v) is 4.33. The Morgan fingerprint density at radius 1 is 1.29 bits per heavy atom. The standard InChI is InChI=1S/C16H24N4O/c1-13-12-20(11-8-17-13)16(21)14-6-5-7-18-15(14)19-9-3-2-4-10-19/h5-7,13,17H,2-4,8-12H2,1H3. The van der Waals surface area contributed by atoms with Gasteiger partial charge in [0.2, 0.25) is 0 Å². The lowest BCUT2D eigenvalue weighted by molar-refractivity contribution is 0.0709. The molecular formula is C16H24N4O. The van der Waals surface area contributed by atoms with Crippen LogP contribution in [0.15, 0.2) is 18.3 Å². The molecule has 1 N–H and O–H groups in total. The van der Waals surface area contributed by atoms with Crippen molar-refractivity contribution in [1.82, 2.24) is 15.2 Å². The highest BCUT2D eigenvalue weighted by atomic mass is 16.2. The minimum absolute atomic E-state index is 0.122. The van der Waals surface area contributed by atoms with E-state index in [9.17, 15) is 4.79 Å². The molecule has 1 amide bonds. The molecule has 1 aromatic heterocycles. The lowest BCUT2D eigenvalue weighted by atomic mass is 10.1. The quantitative estimate of drug-likeness (QED) is 0.896. The van der Waals surface area contributed by atoms with Crippen LogP contribution in [0.2, 0.25) is 0 Å². The average Bonchev–Trinajstić information content (AvgIpc) is 2.55. The zero-order chi connectivity index (χ0) is 14.7. The van der Waals surface area contributed by atoms with Gasteiger partial charge in [0, 0.05) is 45.0 Å². The van der Waals surface area contributed by atoms with E-state index >= 15 is 0 Å². The van der Waals surface area contributed by atoms with Crippen molar-refractivity contribution in [2.24, 2.45) is 0 Å². The molecule has 3 rings (SSSR count). The Morgan fingerprint density at radius 2 is 2.10 bits per heavy atom. The molecule has 1 unspecified atom stereocenters. The summed E-state index contributed by atoms with van der Waals surface area (Å²) in [6.07, 6.45) is 5.45. The Bertz CT molecular complexity index is 499. The van der Waals surface area contributed by atoms with Gasteiger partial charge >= 0.3 is 0 Å². The Hall–Kier alpha value is -1.62. The summed E-state index contributed by atoms with van der Waals surface area (Å²) in [4.78, 5) is 21.6. The number of rotatable bonds is 2. The Kier molecular flexibility index (Phi) is 4.39. The normalized spacial score (nSPS) is 23.2. The van der Waals surface area contributed by atoms with Crippen molar-refractivity contribution in [1.29, 1.82) is 0 Å². The first kappa shape index (κ1) is 14.3. The van der Waals surface area contributed by atoms with Gasteiger partial charge in [-0.05, 0) is 38.3 Å². The number of hydrogen-bond donors (Lipinski definition) is 1. The molecule has 3 heterocycles. The molecule has 5 heteroatoms. The maximum absolute atomic E-state index is 12.8. The van der Waals surface area contributed by atoms with Crippen LogP contribution >= 0.6 is 0 Å². The molecule has 1 aromatic rings. The molecule has 0 aromatic carbocycles. The molecular weight excluding hydrogens is 264 g/mol. The van der Waals surface area contributed by atoms with E-state index in [1.807, 2.05) is 17.0 Å². The zero-order valence-electron chi connectivity index (χ0n) is 12.7. The number of pyridine rings is 1. The zero-order valence-corrected chi connectivity index (χ0v) is 12.7. The maximum Gasteiger partial charge on any atom is 0.257 e. The molecule has 0 spiro atoms. The van der Waals surface area contributed by atoms with Crippen LogP contribution in [0.4, 0.5) is 5.82 Å². The van der Waals surface area contributed by atoms with Crippen molar-refractivity contribution in [3.8, 4) is 0 Å². The number of piperidine rings is 1. The summed E-state index contributed by atoms with van der Waals surface area (Å²) < 4.78 is 0. The first-order valence-corrected chi connectivity index (χ1v) is 7.98. The maximum atomic E-state index is 12.8. The van der Waals surface area contributed by atoms with Crippen LogP contribution in [0.25, 0.3) is 0 Å². The number of aromatic nitrogens is 1. The Balaban J connectivity index is 1.82. The lowest BCUT2D eigenvalue weighted by Gasteiger charge is -2.34. The SMILES string of the molecule is CC1CN(C(=O)c2cccnc2N2CCCCC2)CCN1. The monoisotopic (exact) mass is 288 g/mol. The number of carbonyl (C=O) groups excluding carboxylic acids is 1.